The highest BCUT2D eigenvalue weighted by atomic mass is 19.1. The smallest absolute Gasteiger partial charge is 0.123 e. The summed E-state index contributed by atoms with van der Waals surface area (Å²) in [6.45, 7) is 1.11. The Bertz CT molecular complexity index is 326. The van der Waals surface area contributed by atoms with Gasteiger partial charge in [0.2, 0.25) is 0 Å². The van der Waals surface area contributed by atoms with E-state index >= 15 is 0 Å². The zero-order valence-electron chi connectivity index (χ0n) is 9.70. The van der Waals surface area contributed by atoms with E-state index in [1.54, 1.807) is 0 Å². The Labute approximate surface area is 96.2 Å². The lowest BCUT2D eigenvalue weighted by Gasteiger charge is -2.37. The van der Waals surface area contributed by atoms with Gasteiger partial charge in [0, 0.05) is 12.1 Å². The highest BCUT2D eigenvalue weighted by Gasteiger charge is 2.26. The first kappa shape index (κ1) is 11.6. The number of piperidine rings is 1. The van der Waals surface area contributed by atoms with Crippen molar-refractivity contribution in [3.63, 3.8) is 0 Å². The van der Waals surface area contributed by atoms with Crippen molar-refractivity contribution in [2.24, 2.45) is 5.73 Å². The summed E-state index contributed by atoms with van der Waals surface area (Å²) in [6, 6.07) is 7.37. The molecule has 0 spiro atoms. The van der Waals surface area contributed by atoms with E-state index in [-0.39, 0.29) is 11.9 Å². The molecule has 16 heavy (non-hydrogen) atoms. The van der Waals surface area contributed by atoms with Crippen LogP contribution in [0.2, 0.25) is 0 Å². The SMILES string of the molecule is CN1CCC[C@H](N)[C@@H]1Cc1ccc(F)cc1. The molecule has 1 fully saturated rings. The second-order valence-electron chi connectivity index (χ2n) is 4.68. The van der Waals surface area contributed by atoms with Gasteiger partial charge in [0.25, 0.3) is 0 Å². The molecule has 3 heteroatoms. The van der Waals surface area contributed by atoms with Crippen molar-refractivity contribution < 1.29 is 4.39 Å². The first-order chi connectivity index (χ1) is 7.66. The minimum Gasteiger partial charge on any atom is -0.326 e. The van der Waals surface area contributed by atoms with Gasteiger partial charge in [0.1, 0.15) is 5.82 Å². The molecule has 88 valence electrons. The van der Waals surface area contributed by atoms with Gasteiger partial charge < -0.3 is 10.6 Å². The molecule has 0 aliphatic carbocycles. The van der Waals surface area contributed by atoms with Crippen LogP contribution in [0.15, 0.2) is 24.3 Å². The first-order valence-electron chi connectivity index (χ1n) is 5.87. The van der Waals surface area contributed by atoms with Gasteiger partial charge in [-0.05, 0) is 50.6 Å². The van der Waals surface area contributed by atoms with Gasteiger partial charge in [-0.1, -0.05) is 12.1 Å². The Balaban J connectivity index is 2.04. The molecule has 1 heterocycles. The molecule has 0 bridgehead atoms. The Kier molecular flexibility index (Phi) is 3.56. The molecule has 2 N–H and O–H groups in total. The Morgan fingerprint density at radius 1 is 1.38 bits per heavy atom. The van der Waals surface area contributed by atoms with E-state index in [1.165, 1.54) is 18.6 Å². The van der Waals surface area contributed by atoms with E-state index in [0.717, 1.165) is 24.9 Å². The highest BCUT2D eigenvalue weighted by molar-refractivity contribution is 5.18. The minimum atomic E-state index is -0.176. The zero-order chi connectivity index (χ0) is 11.5. The maximum absolute atomic E-state index is 12.8. The maximum atomic E-state index is 12.8. The van der Waals surface area contributed by atoms with Crippen LogP contribution >= 0.6 is 0 Å². The van der Waals surface area contributed by atoms with Gasteiger partial charge >= 0.3 is 0 Å². The quantitative estimate of drug-likeness (QED) is 0.826. The lowest BCUT2D eigenvalue weighted by atomic mass is 9.92. The van der Waals surface area contributed by atoms with E-state index in [2.05, 4.69) is 11.9 Å². The number of benzene rings is 1. The Morgan fingerprint density at radius 2 is 2.06 bits per heavy atom. The molecule has 2 rings (SSSR count). The van der Waals surface area contributed by atoms with Crippen molar-refractivity contribution in [3.05, 3.63) is 35.6 Å². The fourth-order valence-electron chi connectivity index (χ4n) is 2.43. The third-order valence-corrected chi connectivity index (χ3v) is 3.47. The van der Waals surface area contributed by atoms with Crippen molar-refractivity contribution in [1.82, 2.24) is 4.90 Å². The number of likely N-dealkylation sites (N-methyl/N-ethyl adjacent to an activating group) is 1. The molecule has 1 aliphatic heterocycles. The predicted molar refractivity (Wildman–Crippen MR) is 63.7 cm³/mol. The molecule has 2 atom stereocenters. The number of nitrogens with zero attached hydrogens (tertiary/aromatic N) is 1. The Morgan fingerprint density at radius 3 is 2.69 bits per heavy atom. The highest BCUT2D eigenvalue weighted by Crippen LogP contribution is 2.18. The van der Waals surface area contributed by atoms with Gasteiger partial charge in [0.15, 0.2) is 0 Å². The molecule has 0 amide bonds. The molecule has 0 radical (unpaired) electrons. The van der Waals surface area contributed by atoms with Gasteiger partial charge in [-0.3, -0.25) is 0 Å². The summed E-state index contributed by atoms with van der Waals surface area (Å²) in [4.78, 5) is 2.32. The fraction of sp³-hybridized carbons (Fsp3) is 0.538. The van der Waals surface area contributed by atoms with Crippen LogP contribution in [0, 0.1) is 5.82 Å². The molecule has 0 unspecified atom stereocenters. The molecule has 0 saturated carbocycles. The molecule has 1 aromatic rings. The second-order valence-corrected chi connectivity index (χ2v) is 4.68. The summed E-state index contributed by atoms with van der Waals surface area (Å²) in [5.41, 5.74) is 7.29. The van der Waals surface area contributed by atoms with E-state index in [4.69, 9.17) is 5.73 Å². The zero-order valence-corrected chi connectivity index (χ0v) is 9.70. The molecular formula is C13H19FN2. The predicted octanol–water partition coefficient (Wildman–Crippen LogP) is 1.79. The largest absolute Gasteiger partial charge is 0.326 e. The molecule has 1 aromatic carbocycles. The number of halogens is 1. The first-order valence-corrected chi connectivity index (χ1v) is 5.87. The fourth-order valence-corrected chi connectivity index (χ4v) is 2.43. The third-order valence-electron chi connectivity index (χ3n) is 3.47. The van der Waals surface area contributed by atoms with Crippen LogP contribution in [0.25, 0.3) is 0 Å². The van der Waals surface area contributed by atoms with Crippen molar-refractivity contribution in [2.75, 3.05) is 13.6 Å². The van der Waals surface area contributed by atoms with Crippen LogP contribution in [0.3, 0.4) is 0 Å². The molecular weight excluding hydrogens is 203 g/mol. The summed E-state index contributed by atoms with van der Waals surface area (Å²) in [7, 11) is 2.12. The van der Waals surface area contributed by atoms with Crippen LogP contribution in [-0.2, 0) is 6.42 Å². The van der Waals surface area contributed by atoms with Gasteiger partial charge in [-0.15, -0.1) is 0 Å². The monoisotopic (exact) mass is 222 g/mol. The summed E-state index contributed by atoms with van der Waals surface area (Å²) in [5.74, 6) is -0.176. The number of hydrogen-bond acceptors (Lipinski definition) is 2. The molecule has 0 aromatic heterocycles. The van der Waals surface area contributed by atoms with Crippen LogP contribution in [0.5, 0.6) is 0 Å². The van der Waals surface area contributed by atoms with Gasteiger partial charge in [-0.2, -0.15) is 0 Å². The number of nitrogens with two attached hydrogens (primary N) is 1. The normalized spacial score (nSPS) is 26.9. The van der Waals surface area contributed by atoms with Crippen molar-refractivity contribution >= 4 is 0 Å². The topological polar surface area (TPSA) is 29.3 Å². The maximum Gasteiger partial charge on any atom is 0.123 e. The van der Waals surface area contributed by atoms with E-state index < -0.39 is 0 Å². The van der Waals surface area contributed by atoms with E-state index in [1.807, 2.05) is 12.1 Å². The summed E-state index contributed by atoms with van der Waals surface area (Å²) >= 11 is 0. The van der Waals surface area contributed by atoms with Crippen LogP contribution in [0.4, 0.5) is 4.39 Å². The number of likely N-dealkylation sites (tertiary alicyclic amines) is 1. The van der Waals surface area contributed by atoms with Gasteiger partial charge in [-0.25, -0.2) is 4.39 Å². The lowest BCUT2D eigenvalue weighted by Crippen LogP contribution is -2.51. The van der Waals surface area contributed by atoms with Crippen LogP contribution < -0.4 is 5.73 Å². The van der Waals surface area contributed by atoms with E-state index in [9.17, 15) is 4.39 Å². The molecule has 2 nitrogen and oxygen atoms in total. The average Bonchev–Trinajstić information content (AvgIpc) is 2.26. The van der Waals surface area contributed by atoms with Crippen LogP contribution in [0.1, 0.15) is 18.4 Å². The van der Waals surface area contributed by atoms with Crippen LogP contribution in [-0.4, -0.2) is 30.6 Å². The van der Waals surface area contributed by atoms with Crippen molar-refractivity contribution in [3.8, 4) is 0 Å². The molecule has 1 aliphatic rings. The third kappa shape index (κ3) is 2.60. The number of hydrogen-bond donors (Lipinski definition) is 1. The average molecular weight is 222 g/mol. The minimum absolute atomic E-state index is 0.176. The van der Waals surface area contributed by atoms with E-state index in [0.29, 0.717) is 6.04 Å². The number of rotatable bonds is 2. The summed E-state index contributed by atoms with van der Waals surface area (Å²) in [5, 5.41) is 0. The van der Waals surface area contributed by atoms with Gasteiger partial charge in [0.05, 0.1) is 0 Å². The summed E-state index contributed by atoms with van der Waals surface area (Å²) in [6.07, 6.45) is 3.19. The van der Waals surface area contributed by atoms with Crippen molar-refractivity contribution in [2.45, 2.75) is 31.3 Å². The second kappa shape index (κ2) is 4.93. The molecule has 1 saturated heterocycles. The summed E-state index contributed by atoms with van der Waals surface area (Å²) < 4.78 is 12.8. The van der Waals surface area contributed by atoms with Crippen molar-refractivity contribution in [1.29, 1.82) is 0 Å². The Hall–Kier alpha value is -0.930. The lowest BCUT2D eigenvalue weighted by molar-refractivity contribution is 0.161. The standard InChI is InChI=1S/C13H19FN2/c1-16-8-2-3-12(15)13(16)9-10-4-6-11(14)7-5-10/h4-7,12-13H,2-3,8-9,15H2,1H3/t12-,13-/m0/s1.